The summed E-state index contributed by atoms with van der Waals surface area (Å²) >= 11 is 0. The van der Waals surface area contributed by atoms with Gasteiger partial charge in [0.15, 0.2) is 11.3 Å². The van der Waals surface area contributed by atoms with Gasteiger partial charge in [-0.1, -0.05) is 12.5 Å². The van der Waals surface area contributed by atoms with E-state index in [-0.39, 0.29) is 22.2 Å². The summed E-state index contributed by atoms with van der Waals surface area (Å²) in [5.41, 5.74) is 3.25. The second kappa shape index (κ2) is 10.9. The predicted molar refractivity (Wildman–Crippen MR) is 136 cm³/mol. The Labute approximate surface area is 211 Å². The zero-order valence-corrected chi connectivity index (χ0v) is 22.0. The molecule has 0 unspecified atom stereocenters. The molecular weight excluding hydrogens is 482 g/mol. The molecular formula is C25H33N5O5S. The first-order valence-corrected chi connectivity index (χ1v) is 13.5. The Bertz CT molecular complexity index is 1360. The highest BCUT2D eigenvalue weighted by Crippen LogP contribution is 2.36. The predicted octanol–water partition coefficient (Wildman–Crippen LogP) is 2.96. The molecule has 0 spiro atoms. The highest BCUT2D eigenvalue weighted by molar-refractivity contribution is 7.89. The number of nitrogens with zero attached hydrogens (tertiary/aromatic N) is 4. The summed E-state index contributed by atoms with van der Waals surface area (Å²) < 4.78 is 40.8. The normalized spacial score (nSPS) is 14.8. The van der Waals surface area contributed by atoms with Crippen LogP contribution in [0.1, 0.15) is 47.6 Å². The Morgan fingerprint density at radius 2 is 1.86 bits per heavy atom. The van der Waals surface area contributed by atoms with E-state index in [0.29, 0.717) is 49.4 Å². The van der Waals surface area contributed by atoms with Crippen LogP contribution in [0.3, 0.4) is 0 Å². The van der Waals surface area contributed by atoms with Crippen molar-refractivity contribution in [1.29, 1.82) is 0 Å². The van der Waals surface area contributed by atoms with E-state index in [1.807, 2.05) is 19.9 Å². The number of rotatable bonds is 9. The molecule has 0 saturated carbocycles. The third-order valence-corrected chi connectivity index (χ3v) is 8.23. The Hall–Kier alpha value is -3.02. The first-order chi connectivity index (χ1) is 17.3. The highest BCUT2D eigenvalue weighted by Gasteiger charge is 2.31. The van der Waals surface area contributed by atoms with Gasteiger partial charge in [0.1, 0.15) is 10.6 Å². The van der Waals surface area contributed by atoms with Crippen LogP contribution in [0.5, 0.6) is 5.75 Å². The number of piperidine rings is 1. The zero-order valence-electron chi connectivity index (χ0n) is 21.2. The smallest absolute Gasteiger partial charge is 0.272 e. The minimum atomic E-state index is -3.80. The molecule has 1 N–H and O–H groups in total. The van der Waals surface area contributed by atoms with Crippen LogP contribution in [-0.2, 0) is 14.8 Å². The third kappa shape index (κ3) is 5.09. The second-order valence-electron chi connectivity index (χ2n) is 8.93. The number of fused-ring (bicyclic) bond motifs is 1. The van der Waals surface area contributed by atoms with Gasteiger partial charge in [0.25, 0.3) is 5.91 Å². The van der Waals surface area contributed by atoms with Crippen LogP contribution in [0.2, 0.25) is 0 Å². The fourth-order valence-electron chi connectivity index (χ4n) is 4.53. The van der Waals surface area contributed by atoms with E-state index in [1.54, 1.807) is 29.8 Å². The van der Waals surface area contributed by atoms with Crippen LogP contribution >= 0.6 is 0 Å². The summed E-state index contributed by atoms with van der Waals surface area (Å²) in [5, 5.41) is 7.46. The number of nitrogens with one attached hydrogen (secondary N) is 1. The van der Waals surface area contributed by atoms with Gasteiger partial charge in [-0.25, -0.2) is 17.9 Å². The van der Waals surface area contributed by atoms with Gasteiger partial charge < -0.3 is 14.8 Å². The van der Waals surface area contributed by atoms with E-state index >= 15 is 0 Å². The first kappa shape index (κ1) is 26.1. The zero-order chi connectivity index (χ0) is 25.9. The monoisotopic (exact) mass is 515 g/mol. The molecule has 1 amide bonds. The number of methoxy groups -OCH3 is 2. The van der Waals surface area contributed by atoms with E-state index in [2.05, 4.69) is 15.4 Å². The number of sulfonamides is 1. The van der Waals surface area contributed by atoms with Crippen LogP contribution in [0, 0.1) is 13.8 Å². The lowest BCUT2D eigenvalue weighted by Crippen LogP contribution is -2.35. The lowest BCUT2D eigenvalue weighted by Gasteiger charge is -2.26. The third-order valence-electron chi connectivity index (χ3n) is 6.31. The highest BCUT2D eigenvalue weighted by atomic mass is 32.2. The van der Waals surface area contributed by atoms with Crippen molar-refractivity contribution in [3.63, 3.8) is 0 Å². The maximum absolute atomic E-state index is 13.6. The molecule has 2 aromatic heterocycles. The largest absolute Gasteiger partial charge is 0.495 e. The Balaban J connectivity index is 1.86. The van der Waals surface area contributed by atoms with Gasteiger partial charge >= 0.3 is 0 Å². The fourth-order valence-corrected chi connectivity index (χ4v) is 6.22. The summed E-state index contributed by atoms with van der Waals surface area (Å²) in [6.45, 7) is 5.65. The van der Waals surface area contributed by atoms with Gasteiger partial charge in [0, 0.05) is 44.7 Å². The number of amides is 1. The molecule has 1 aromatic carbocycles. The molecule has 0 aliphatic carbocycles. The Kier molecular flexibility index (Phi) is 7.91. The van der Waals surface area contributed by atoms with Crippen LogP contribution in [0.25, 0.3) is 16.8 Å². The number of hydrogen-bond acceptors (Lipinski definition) is 7. The number of carbonyl (C=O) groups excluding carboxylic acids is 1. The molecule has 3 heterocycles. The molecule has 1 aliphatic heterocycles. The Morgan fingerprint density at radius 1 is 1.11 bits per heavy atom. The molecule has 3 aromatic rings. The molecule has 36 heavy (non-hydrogen) atoms. The average molecular weight is 516 g/mol. The molecule has 4 rings (SSSR count). The lowest BCUT2D eigenvalue weighted by atomic mass is 10.0. The second-order valence-corrected chi connectivity index (χ2v) is 10.8. The molecule has 1 saturated heterocycles. The standard InChI is InChI=1S/C25H33N5O5S/c1-17-15-18(2)30-24(27-17)22(23(28-30)25(31)26-11-8-14-34-3)19-9-10-20(35-4)21(16-19)36(32,33)29-12-6-5-7-13-29/h9-10,15-16H,5-8,11-14H2,1-4H3,(H,26,31). The van der Waals surface area contributed by atoms with E-state index in [4.69, 9.17) is 9.47 Å². The van der Waals surface area contributed by atoms with Crippen molar-refractivity contribution in [2.24, 2.45) is 0 Å². The van der Waals surface area contributed by atoms with Crippen LogP contribution in [0.15, 0.2) is 29.2 Å². The van der Waals surface area contributed by atoms with Crippen molar-refractivity contribution < 1.29 is 22.7 Å². The summed E-state index contributed by atoms with van der Waals surface area (Å²) in [7, 11) is -0.735. The van der Waals surface area contributed by atoms with Gasteiger partial charge in [0.2, 0.25) is 10.0 Å². The molecule has 11 heteroatoms. The number of aryl methyl sites for hydroxylation is 2. The van der Waals surface area contributed by atoms with Gasteiger partial charge in [-0.05, 0) is 56.9 Å². The number of ether oxygens (including phenoxy) is 2. The van der Waals surface area contributed by atoms with Crippen molar-refractivity contribution in [2.75, 3.05) is 40.5 Å². The van der Waals surface area contributed by atoms with Crippen molar-refractivity contribution >= 4 is 21.6 Å². The van der Waals surface area contributed by atoms with Gasteiger partial charge in [-0.2, -0.15) is 9.40 Å². The molecule has 194 valence electrons. The fraction of sp³-hybridized carbons (Fsp3) is 0.480. The topological polar surface area (TPSA) is 115 Å². The summed E-state index contributed by atoms with van der Waals surface area (Å²) in [5.74, 6) is -0.105. The number of hydrogen-bond donors (Lipinski definition) is 1. The molecule has 0 bridgehead atoms. The van der Waals surface area contributed by atoms with Crippen molar-refractivity contribution in [3.8, 4) is 16.9 Å². The van der Waals surface area contributed by atoms with Crippen LogP contribution in [-0.4, -0.2) is 73.7 Å². The van der Waals surface area contributed by atoms with Gasteiger partial charge in [-0.3, -0.25) is 4.79 Å². The average Bonchev–Trinajstić information content (AvgIpc) is 3.26. The minimum Gasteiger partial charge on any atom is -0.495 e. The van der Waals surface area contributed by atoms with Crippen molar-refractivity contribution in [1.82, 2.24) is 24.2 Å². The molecule has 1 fully saturated rings. The van der Waals surface area contributed by atoms with Crippen LogP contribution < -0.4 is 10.1 Å². The summed E-state index contributed by atoms with van der Waals surface area (Å²) in [4.78, 5) is 17.9. The lowest BCUT2D eigenvalue weighted by molar-refractivity contribution is 0.0944. The van der Waals surface area contributed by atoms with Crippen LogP contribution in [0.4, 0.5) is 0 Å². The molecule has 1 aliphatic rings. The van der Waals surface area contributed by atoms with Gasteiger partial charge in [0.05, 0.1) is 12.7 Å². The molecule has 0 atom stereocenters. The van der Waals surface area contributed by atoms with E-state index in [1.165, 1.54) is 11.4 Å². The maximum atomic E-state index is 13.6. The van der Waals surface area contributed by atoms with E-state index in [9.17, 15) is 13.2 Å². The van der Waals surface area contributed by atoms with Gasteiger partial charge in [-0.15, -0.1) is 0 Å². The summed E-state index contributed by atoms with van der Waals surface area (Å²) in [6.07, 6.45) is 3.32. The number of benzene rings is 1. The molecule has 10 nitrogen and oxygen atoms in total. The summed E-state index contributed by atoms with van der Waals surface area (Å²) in [6, 6.07) is 6.82. The van der Waals surface area contributed by atoms with Crippen molar-refractivity contribution in [2.45, 2.75) is 44.4 Å². The van der Waals surface area contributed by atoms with E-state index in [0.717, 1.165) is 30.7 Å². The number of aromatic nitrogens is 3. The van der Waals surface area contributed by atoms with Crippen molar-refractivity contribution in [3.05, 3.63) is 41.3 Å². The number of carbonyl (C=O) groups is 1. The van der Waals surface area contributed by atoms with E-state index < -0.39 is 10.0 Å². The maximum Gasteiger partial charge on any atom is 0.272 e. The first-order valence-electron chi connectivity index (χ1n) is 12.1. The minimum absolute atomic E-state index is 0.0691. The quantitative estimate of drug-likeness (QED) is 0.436. The Morgan fingerprint density at radius 3 is 2.56 bits per heavy atom. The SMILES string of the molecule is COCCCNC(=O)c1nn2c(C)cc(C)nc2c1-c1ccc(OC)c(S(=O)(=O)N2CCCCC2)c1. The molecule has 0 radical (unpaired) electrons.